The highest BCUT2D eigenvalue weighted by atomic mass is 16.3. The molecule has 1 aliphatic carbocycles. The number of amides is 2. The first-order valence-electron chi connectivity index (χ1n) is 7.47. The third-order valence-electron chi connectivity index (χ3n) is 3.79. The van der Waals surface area contributed by atoms with Crippen molar-refractivity contribution < 1.29 is 14.7 Å². The van der Waals surface area contributed by atoms with Crippen LogP contribution in [0.3, 0.4) is 0 Å². The lowest BCUT2D eigenvalue weighted by Gasteiger charge is -2.23. The van der Waals surface area contributed by atoms with Gasteiger partial charge in [-0.05, 0) is 24.7 Å². The zero-order chi connectivity index (χ0) is 15.3. The third-order valence-corrected chi connectivity index (χ3v) is 3.79. The molecule has 116 valence electrons. The van der Waals surface area contributed by atoms with Crippen LogP contribution >= 0.6 is 0 Å². The lowest BCUT2D eigenvalue weighted by Crippen LogP contribution is -2.51. The third kappa shape index (κ3) is 5.12. The molecule has 20 heavy (non-hydrogen) atoms. The van der Waals surface area contributed by atoms with Crippen molar-refractivity contribution >= 4 is 11.8 Å². The molecule has 1 fully saturated rings. The summed E-state index contributed by atoms with van der Waals surface area (Å²) >= 11 is 0. The number of rotatable bonds is 8. The smallest absolute Gasteiger partial charge is 0.242 e. The predicted molar refractivity (Wildman–Crippen MR) is 78.0 cm³/mol. The van der Waals surface area contributed by atoms with Crippen LogP contribution in [0.5, 0.6) is 0 Å². The Morgan fingerprint density at radius 1 is 1.20 bits per heavy atom. The molecule has 0 spiro atoms. The van der Waals surface area contributed by atoms with Gasteiger partial charge in [0.05, 0.1) is 6.61 Å². The Morgan fingerprint density at radius 3 is 2.20 bits per heavy atom. The van der Waals surface area contributed by atoms with Crippen LogP contribution in [0, 0.1) is 17.3 Å². The van der Waals surface area contributed by atoms with Gasteiger partial charge in [-0.15, -0.1) is 0 Å². The molecule has 0 aliphatic heterocycles. The van der Waals surface area contributed by atoms with Gasteiger partial charge in [-0.1, -0.05) is 27.7 Å². The Labute approximate surface area is 121 Å². The van der Waals surface area contributed by atoms with Crippen molar-refractivity contribution in [1.82, 2.24) is 10.6 Å². The molecule has 1 atom stereocenters. The lowest BCUT2D eigenvalue weighted by atomic mass is 10.0. The van der Waals surface area contributed by atoms with Crippen LogP contribution in [-0.2, 0) is 9.59 Å². The quantitative estimate of drug-likeness (QED) is 0.623. The van der Waals surface area contributed by atoms with Crippen LogP contribution in [0.4, 0.5) is 0 Å². The van der Waals surface area contributed by atoms with Gasteiger partial charge in [0.2, 0.25) is 11.8 Å². The molecule has 0 saturated heterocycles. The van der Waals surface area contributed by atoms with Crippen LogP contribution < -0.4 is 10.6 Å². The van der Waals surface area contributed by atoms with E-state index in [1.807, 2.05) is 27.7 Å². The highest BCUT2D eigenvalue weighted by Crippen LogP contribution is 2.44. The second-order valence-corrected chi connectivity index (χ2v) is 6.76. The van der Waals surface area contributed by atoms with E-state index in [0.717, 1.165) is 12.8 Å². The summed E-state index contributed by atoms with van der Waals surface area (Å²) in [6.45, 7) is 8.38. The number of hydrogen-bond donors (Lipinski definition) is 3. The Bertz CT molecular complexity index is 349. The minimum atomic E-state index is -0.504. The molecule has 0 aromatic carbocycles. The van der Waals surface area contributed by atoms with Gasteiger partial charge in [0, 0.05) is 18.4 Å². The summed E-state index contributed by atoms with van der Waals surface area (Å²) in [5.74, 6) is 0.0689. The first-order valence-corrected chi connectivity index (χ1v) is 7.47. The molecule has 1 aliphatic rings. The highest BCUT2D eigenvalue weighted by molar-refractivity contribution is 5.87. The predicted octanol–water partition coefficient (Wildman–Crippen LogP) is 1.06. The van der Waals surface area contributed by atoms with Gasteiger partial charge in [0.1, 0.15) is 6.04 Å². The van der Waals surface area contributed by atoms with Crippen LogP contribution in [-0.4, -0.2) is 36.1 Å². The maximum absolute atomic E-state index is 12.2. The van der Waals surface area contributed by atoms with E-state index in [4.69, 9.17) is 0 Å². The first kappa shape index (κ1) is 17.0. The zero-order valence-corrected chi connectivity index (χ0v) is 13.0. The summed E-state index contributed by atoms with van der Waals surface area (Å²) in [6.07, 6.45) is 2.34. The van der Waals surface area contributed by atoms with Gasteiger partial charge >= 0.3 is 0 Å². The van der Waals surface area contributed by atoms with Crippen molar-refractivity contribution in [3.63, 3.8) is 0 Å². The molecule has 0 bridgehead atoms. The fourth-order valence-corrected chi connectivity index (χ4v) is 2.09. The molecule has 1 unspecified atom stereocenters. The Kier molecular flexibility index (Phi) is 5.99. The molecule has 5 heteroatoms. The minimum absolute atomic E-state index is 0.0374. The SMILES string of the molecule is CC(C)CC(=O)NC(C(=O)NCC1(CO)CC1)C(C)C. The second kappa shape index (κ2) is 7.07. The average molecular weight is 284 g/mol. The summed E-state index contributed by atoms with van der Waals surface area (Å²) < 4.78 is 0. The summed E-state index contributed by atoms with van der Waals surface area (Å²) in [4.78, 5) is 24.0. The zero-order valence-electron chi connectivity index (χ0n) is 13.0. The number of carbonyl (C=O) groups excluding carboxylic acids is 2. The van der Waals surface area contributed by atoms with Crippen molar-refractivity contribution in [1.29, 1.82) is 0 Å². The molecular formula is C15H28N2O3. The maximum Gasteiger partial charge on any atom is 0.242 e. The monoisotopic (exact) mass is 284 g/mol. The number of carbonyl (C=O) groups is 2. The Morgan fingerprint density at radius 2 is 1.80 bits per heavy atom. The van der Waals surface area contributed by atoms with E-state index < -0.39 is 6.04 Å². The molecule has 0 aromatic rings. The van der Waals surface area contributed by atoms with Crippen molar-refractivity contribution in [2.75, 3.05) is 13.2 Å². The molecule has 0 aromatic heterocycles. The highest BCUT2D eigenvalue weighted by Gasteiger charge is 2.42. The van der Waals surface area contributed by atoms with Gasteiger partial charge < -0.3 is 15.7 Å². The van der Waals surface area contributed by atoms with Gasteiger partial charge in [-0.25, -0.2) is 0 Å². The molecule has 0 radical (unpaired) electrons. The Hall–Kier alpha value is -1.10. The van der Waals surface area contributed by atoms with E-state index in [9.17, 15) is 14.7 Å². The molecule has 5 nitrogen and oxygen atoms in total. The van der Waals surface area contributed by atoms with Crippen molar-refractivity contribution in [2.45, 2.75) is 53.0 Å². The van der Waals surface area contributed by atoms with Gasteiger partial charge in [0.25, 0.3) is 0 Å². The van der Waals surface area contributed by atoms with E-state index in [1.54, 1.807) is 0 Å². The molecule has 0 heterocycles. The summed E-state index contributed by atoms with van der Waals surface area (Å²) in [7, 11) is 0. The summed E-state index contributed by atoms with van der Waals surface area (Å²) in [5.41, 5.74) is -0.112. The van der Waals surface area contributed by atoms with Crippen LogP contribution in [0.2, 0.25) is 0 Å². The van der Waals surface area contributed by atoms with Crippen LogP contribution in [0.1, 0.15) is 47.0 Å². The van der Waals surface area contributed by atoms with Crippen LogP contribution in [0.25, 0.3) is 0 Å². The molecule has 3 N–H and O–H groups in total. The van der Waals surface area contributed by atoms with Gasteiger partial charge in [-0.3, -0.25) is 9.59 Å². The van der Waals surface area contributed by atoms with Crippen molar-refractivity contribution in [3.05, 3.63) is 0 Å². The minimum Gasteiger partial charge on any atom is -0.396 e. The topological polar surface area (TPSA) is 78.4 Å². The normalized spacial score (nSPS) is 17.9. The van der Waals surface area contributed by atoms with Crippen LogP contribution in [0.15, 0.2) is 0 Å². The largest absolute Gasteiger partial charge is 0.396 e. The number of nitrogens with one attached hydrogen (secondary N) is 2. The van der Waals surface area contributed by atoms with Gasteiger partial charge in [-0.2, -0.15) is 0 Å². The molecular weight excluding hydrogens is 256 g/mol. The van der Waals surface area contributed by atoms with Gasteiger partial charge in [0.15, 0.2) is 0 Å². The van der Waals surface area contributed by atoms with E-state index in [-0.39, 0.29) is 35.7 Å². The molecule has 1 saturated carbocycles. The fourth-order valence-electron chi connectivity index (χ4n) is 2.09. The average Bonchev–Trinajstić information content (AvgIpc) is 3.12. The summed E-state index contributed by atoms with van der Waals surface area (Å²) in [6, 6.07) is -0.504. The van der Waals surface area contributed by atoms with Crippen molar-refractivity contribution in [3.8, 4) is 0 Å². The Balaban J connectivity index is 2.48. The lowest BCUT2D eigenvalue weighted by molar-refractivity contribution is -0.130. The van der Waals surface area contributed by atoms with E-state index in [2.05, 4.69) is 10.6 Å². The van der Waals surface area contributed by atoms with Crippen molar-refractivity contribution in [2.24, 2.45) is 17.3 Å². The van der Waals surface area contributed by atoms with E-state index in [1.165, 1.54) is 0 Å². The van der Waals surface area contributed by atoms with E-state index in [0.29, 0.717) is 13.0 Å². The summed E-state index contributed by atoms with van der Waals surface area (Å²) in [5, 5.41) is 14.9. The number of hydrogen-bond acceptors (Lipinski definition) is 3. The maximum atomic E-state index is 12.2. The second-order valence-electron chi connectivity index (χ2n) is 6.76. The first-order chi connectivity index (χ1) is 9.29. The molecule has 1 rings (SSSR count). The number of aliphatic hydroxyl groups excluding tert-OH is 1. The molecule has 2 amide bonds. The fraction of sp³-hybridized carbons (Fsp3) is 0.867. The number of aliphatic hydroxyl groups is 1. The van der Waals surface area contributed by atoms with E-state index >= 15 is 0 Å². The standard InChI is InChI=1S/C15H28N2O3/c1-10(2)7-12(19)17-13(11(3)4)14(20)16-8-15(9-18)5-6-15/h10-11,13,18H,5-9H2,1-4H3,(H,16,20)(H,17,19).